The van der Waals surface area contributed by atoms with Crippen molar-refractivity contribution in [3.63, 3.8) is 0 Å². The van der Waals surface area contributed by atoms with Crippen LogP contribution in [0.15, 0.2) is 67.8 Å². The van der Waals surface area contributed by atoms with Gasteiger partial charge >= 0.3 is 0 Å². The predicted molar refractivity (Wildman–Crippen MR) is 91.7 cm³/mol. The number of allylic oxidation sites excluding steroid dienone is 1. The van der Waals surface area contributed by atoms with E-state index in [1.807, 2.05) is 24.3 Å². The van der Waals surface area contributed by atoms with Crippen molar-refractivity contribution in [2.75, 3.05) is 0 Å². The van der Waals surface area contributed by atoms with Gasteiger partial charge in [-0.3, -0.25) is 0 Å². The predicted octanol–water partition coefficient (Wildman–Crippen LogP) is 6.00. The molecule has 0 fully saturated rings. The molecule has 0 saturated heterocycles. The van der Waals surface area contributed by atoms with Crippen molar-refractivity contribution < 1.29 is 0 Å². The van der Waals surface area contributed by atoms with Gasteiger partial charge in [-0.1, -0.05) is 87.7 Å². The lowest BCUT2D eigenvalue weighted by molar-refractivity contribution is 1.14. The van der Waals surface area contributed by atoms with Crippen LogP contribution in [0.4, 0.5) is 0 Å². The average Bonchev–Trinajstić information content (AvgIpc) is 2.55. The average molecular weight is 264 g/mol. The minimum absolute atomic E-state index is 1.03. The van der Waals surface area contributed by atoms with E-state index in [1.54, 1.807) is 0 Å². The van der Waals surface area contributed by atoms with Crippen molar-refractivity contribution in [3.05, 3.63) is 84.4 Å². The van der Waals surface area contributed by atoms with Gasteiger partial charge in [-0.15, -0.1) is 0 Å². The number of aryl methyl sites for hydroxylation is 1. The van der Waals surface area contributed by atoms with E-state index in [1.165, 1.54) is 22.3 Å². The molecule has 2 rings (SSSR count). The molecular formula is C20H24. The van der Waals surface area contributed by atoms with E-state index in [4.69, 9.17) is 0 Å². The monoisotopic (exact) mass is 264 g/mol. The van der Waals surface area contributed by atoms with E-state index in [0.717, 1.165) is 12.8 Å². The van der Waals surface area contributed by atoms with Gasteiger partial charge in [0.05, 0.1) is 0 Å². The van der Waals surface area contributed by atoms with Gasteiger partial charge in [-0.25, -0.2) is 0 Å². The zero-order chi connectivity index (χ0) is 14.8. The van der Waals surface area contributed by atoms with Gasteiger partial charge in [-0.2, -0.15) is 0 Å². The van der Waals surface area contributed by atoms with E-state index < -0.39 is 0 Å². The Morgan fingerprint density at radius 1 is 0.950 bits per heavy atom. The molecule has 2 aromatic carbocycles. The zero-order valence-electron chi connectivity index (χ0n) is 12.6. The van der Waals surface area contributed by atoms with Crippen LogP contribution in [0.1, 0.15) is 37.0 Å². The summed E-state index contributed by atoms with van der Waals surface area (Å²) in [6, 6.07) is 18.7. The third-order valence-electron chi connectivity index (χ3n) is 3.23. The summed E-state index contributed by atoms with van der Waals surface area (Å²) in [5.41, 5.74) is 5.04. The first-order valence-electron chi connectivity index (χ1n) is 7.15. The summed E-state index contributed by atoms with van der Waals surface area (Å²) in [7, 11) is 0. The van der Waals surface area contributed by atoms with Crippen LogP contribution in [0.2, 0.25) is 0 Å². The lowest BCUT2D eigenvalue weighted by atomic mass is 10.1. The van der Waals surface area contributed by atoms with Gasteiger partial charge in [0.1, 0.15) is 0 Å². The van der Waals surface area contributed by atoms with Gasteiger partial charge in [-0.05, 0) is 35.1 Å². The highest BCUT2D eigenvalue weighted by Crippen LogP contribution is 2.13. The fourth-order valence-electron chi connectivity index (χ4n) is 1.77. The SMILES string of the molecule is C=C(CC)c1ccccc1.C=Cc1ccc(CC)cc1. The van der Waals surface area contributed by atoms with Crippen LogP contribution < -0.4 is 0 Å². The molecule has 0 nitrogen and oxygen atoms in total. The van der Waals surface area contributed by atoms with Crippen LogP contribution in [0, 0.1) is 0 Å². The van der Waals surface area contributed by atoms with E-state index in [-0.39, 0.29) is 0 Å². The standard InChI is InChI=1S/2C10H12/c1-3-9(2)10-7-5-4-6-8-10;1-3-9-5-7-10(4-2)8-6-9/h4-8H,2-3H2,1H3;3,5-8H,1,4H2,2H3. The Labute approximate surface area is 123 Å². The second-order valence-electron chi connectivity index (χ2n) is 4.62. The molecule has 0 radical (unpaired) electrons. The lowest BCUT2D eigenvalue weighted by Gasteiger charge is -1.99. The Bertz CT molecular complexity index is 518. The molecule has 0 amide bonds. The Morgan fingerprint density at radius 2 is 1.55 bits per heavy atom. The first kappa shape index (κ1) is 16.0. The highest BCUT2D eigenvalue weighted by molar-refractivity contribution is 5.62. The summed E-state index contributed by atoms with van der Waals surface area (Å²) < 4.78 is 0. The summed E-state index contributed by atoms with van der Waals surface area (Å²) in [5.74, 6) is 0. The molecule has 0 aliphatic carbocycles. The summed E-state index contributed by atoms with van der Waals surface area (Å²) in [5, 5.41) is 0. The topological polar surface area (TPSA) is 0 Å². The molecule has 0 unspecified atom stereocenters. The van der Waals surface area contributed by atoms with Crippen molar-refractivity contribution in [1.29, 1.82) is 0 Å². The molecule has 0 bridgehead atoms. The van der Waals surface area contributed by atoms with Crippen molar-refractivity contribution in [2.45, 2.75) is 26.7 Å². The van der Waals surface area contributed by atoms with E-state index >= 15 is 0 Å². The van der Waals surface area contributed by atoms with Gasteiger partial charge in [0.2, 0.25) is 0 Å². The molecule has 20 heavy (non-hydrogen) atoms. The Balaban J connectivity index is 0.000000200. The maximum absolute atomic E-state index is 3.94. The number of hydrogen-bond donors (Lipinski definition) is 0. The maximum Gasteiger partial charge on any atom is -0.0231 e. The minimum atomic E-state index is 1.03. The molecule has 0 spiro atoms. The second-order valence-corrected chi connectivity index (χ2v) is 4.62. The van der Waals surface area contributed by atoms with Crippen LogP contribution in [0.3, 0.4) is 0 Å². The van der Waals surface area contributed by atoms with Crippen LogP contribution in [-0.4, -0.2) is 0 Å². The molecule has 0 N–H and O–H groups in total. The van der Waals surface area contributed by atoms with E-state index in [2.05, 4.69) is 63.4 Å². The first-order chi connectivity index (χ1) is 9.71. The lowest BCUT2D eigenvalue weighted by Crippen LogP contribution is -1.78. The smallest absolute Gasteiger partial charge is 0.0231 e. The Kier molecular flexibility index (Phi) is 7.13. The number of hydrogen-bond acceptors (Lipinski definition) is 0. The van der Waals surface area contributed by atoms with Gasteiger partial charge in [0.15, 0.2) is 0 Å². The highest BCUT2D eigenvalue weighted by Gasteiger charge is 1.91. The Hall–Kier alpha value is -2.08. The summed E-state index contributed by atoms with van der Waals surface area (Å²) >= 11 is 0. The minimum Gasteiger partial charge on any atom is -0.0985 e. The summed E-state index contributed by atoms with van der Waals surface area (Å²) in [6.07, 6.45) is 4.00. The maximum atomic E-state index is 3.94. The normalized spacial score (nSPS) is 9.30. The molecule has 0 aliphatic heterocycles. The van der Waals surface area contributed by atoms with Crippen molar-refractivity contribution >= 4 is 11.6 Å². The number of benzene rings is 2. The van der Waals surface area contributed by atoms with Crippen molar-refractivity contribution in [1.82, 2.24) is 0 Å². The third kappa shape index (κ3) is 5.27. The molecule has 2 aromatic rings. The third-order valence-corrected chi connectivity index (χ3v) is 3.23. The van der Waals surface area contributed by atoms with Crippen LogP contribution in [0.5, 0.6) is 0 Å². The second kappa shape index (κ2) is 8.92. The summed E-state index contributed by atoms with van der Waals surface area (Å²) in [6.45, 7) is 11.9. The highest BCUT2D eigenvalue weighted by atomic mass is 14.0. The van der Waals surface area contributed by atoms with Gasteiger partial charge in [0, 0.05) is 0 Å². The fourth-order valence-corrected chi connectivity index (χ4v) is 1.77. The van der Waals surface area contributed by atoms with Crippen molar-refractivity contribution in [2.24, 2.45) is 0 Å². The molecule has 0 aliphatic rings. The molecule has 0 saturated carbocycles. The molecule has 0 atom stereocenters. The molecule has 0 heteroatoms. The van der Waals surface area contributed by atoms with Crippen LogP contribution >= 0.6 is 0 Å². The van der Waals surface area contributed by atoms with Crippen molar-refractivity contribution in [3.8, 4) is 0 Å². The van der Waals surface area contributed by atoms with Gasteiger partial charge < -0.3 is 0 Å². The molecule has 0 heterocycles. The largest absolute Gasteiger partial charge is 0.0985 e. The zero-order valence-corrected chi connectivity index (χ0v) is 12.6. The van der Waals surface area contributed by atoms with E-state index in [0.29, 0.717) is 0 Å². The number of rotatable bonds is 4. The van der Waals surface area contributed by atoms with Crippen LogP contribution in [-0.2, 0) is 6.42 Å². The molecule has 104 valence electrons. The fraction of sp³-hybridized carbons (Fsp3) is 0.200. The molecule has 0 aromatic heterocycles. The molecular weight excluding hydrogens is 240 g/mol. The van der Waals surface area contributed by atoms with E-state index in [9.17, 15) is 0 Å². The quantitative estimate of drug-likeness (QED) is 0.635. The first-order valence-corrected chi connectivity index (χ1v) is 7.15. The van der Waals surface area contributed by atoms with Crippen LogP contribution in [0.25, 0.3) is 11.6 Å². The van der Waals surface area contributed by atoms with Gasteiger partial charge in [0.25, 0.3) is 0 Å². The Morgan fingerprint density at radius 3 is 2.00 bits per heavy atom. The summed E-state index contributed by atoms with van der Waals surface area (Å²) in [4.78, 5) is 0.